The molecule has 0 aromatic heterocycles. The molecule has 0 bridgehead atoms. The van der Waals surface area contributed by atoms with E-state index in [1.54, 1.807) is 0 Å². The second-order valence-electron chi connectivity index (χ2n) is 4.54. The lowest BCUT2D eigenvalue weighted by Crippen LogP contribution is -2.10. The van der Waals surface area contributed by atoms with Gasteiger partial charge in [0.1, 0.15) is 6.61 Å². The van der Waals surface area contributed by atoms with Crippen LogP contribution in [-0.4, -0.2) is 11.6 Å². The van der Waals surface area contributed by atoms with Crippen molar-refractivity contribution in [1.82, 2.24) is 0 Å². The van der Waals surface area contributed by atoms with Crippen LogP contribution in [0.5, 0.6) is 0 Å². The van der Waals surface area contributed by atoms with Gasteiger partial charge in [0.05, 0.1) is 0 Å². The number of carbonyl (C=O) groups excluding carboxylic acids is 2. The Kier molecular flexibility index (Phi) is 3.17. The predicted octanol–water partition coefficient (Wildman–Crippen LogP) is 2.95. The molecule has 0 N–H and O–H groups in total. The van der Waals surface area contributed by atoms with E-state index in [-0.39, 0.29) is 23.9 Å². The molecule has 2 aromatic rings. The van der Waals surface area contributed by atoms with Crippen molar-refractivity contribution in [3.63, 3.8) is 0 Å². The first-order valence-electron chi connectivity index (χ1n) is 6.31. The van der Waals surface area contributed by atoms with Gasteiger partial charge in [-0.15, -0.1) is 0 Å². The number of ether oxygens (including phenoxy) is 1. The predicted molar refractivity (Wildman–Crippen MR) is 76.0 cm³/mol. The molecule has 0 spiro atoms. The Morgan fingerprint density at radius 3 is 2.60 bits per heavy atom. The molecule has 3 nitrogen and oxygen atoms in total. The van der Waals surface area contributed by atoms with Gasteiger partial charge in [-0.1, -0.05) is 42.5 Å². The normalized spacial score (nSPS) is 14.5. The van der Waals surface area contributed by atoms with Crippen LogP contribution in [0.3, 0.4) is 0 Å². The minimum absolute atomic E-state index is 0.102. The number of carbonyl (C=O) groups is 2. The van der Waals surface area contributed by atoms with Gasteiger partial charge in [0.25, 0.3) is 0 Å². The second kappa shape index (κ2) is 5.13. The minimum atomic E-state index is -0.273. The summed E-state index contributed by atoms with van der Waals surface area (Å²) in [7, 11) is 0. The average Bonchev–Trinajstić information content (AvgIpc) is 2.48. The Morgan fingerprint density at radius 1 is 0.900 bits per heavy atom. The molecule has 0 radical (unpaired) electrons. The summed E-state index contributed by atoms with van der Waals surface area (Å²) in [4.78, 5) is 22.8. The maximum absolute atomic E-state index is 11.6. The molecular weight excluding hydrogens is 252 g/mol. The summed E-state index contributed by atoms with van der Waals surface area (Å²) in [5, 5.41) is 2.20. The highest BCUT2D eigenvalue weighted by Gasteiger charge is 2.14. The third-order valence-corrected chi connectivity index (χ3v) is 3.18. The number of benzene rings is 2. The Morgan fingerprint density at radius 2 is 1.70 bits per heavy atom. The molecule has 3 rings (SSSR count). The zero-order valence-corrected chi connectivity index (χ0v) is 10.7. The first-order valence-corrected chi connectivity index (χ1v) is 6.31. The van der Waals surface area contributed by atoms with E-state index in [0.29, 0.717) is 0 Å². The molecule has 0 saturated carbocycles. The van der Waals surface area contributed by atoms with E-state index in [2.05, 4.69) is 0 Å². The zero-order chi connectivity index (χ0) is 13.9. The summed E-state index contributed by atoms with van der Waals surface area (Å²) in [6.07, 6.45) is 3.71. The molecule has 0 atom stereocenters. The fourth-order valence-electron chi connectivity index (χ4n) is 2.18. The summed E-state index contributed by atoms with van der Waals surface area (Å²) in [5.41, 5.74) is 0.985. The van der Waals surface area contributed by atoms with Crippen molar-refractivity contribution in [2.75, 3.05) is 0 Å². The molecule has 98 valence electrons. The number of ketones is 2. The molecule has 3 heteroatoms. The Balaban J connectivity index is 1.84. The highest BCUT2D eigenvalue weighted by molar-refractivity contribution is 6.16. The van der Waals surface area contributed by atoms with Crippen molar-refractivity contribution in [3.05, 3.63) is 72.0 Å². The van der Waals surface area contributed by atoms with Gasteiger partial charge in [0, 0.05) is 6.08 Å². The van der Waals surface area contributed by atoms with E-state index in [4.69, 9.17) is 4.74 Å². The highest BCUT2D eigenvalue weighted by atomic mass is 16.5. The maximum Gasteiger partial charge on any atom is 0.220 e. The van der Waals surface area contributed by atoms with E-state index in [9.17, 15) is 9.59 Å². The van der Waals surface area contributed by atoms with Crippen LogP contribution in [0.1, 0.15) is 5.56 Å². The van der Waals surface area contributed by atoms with Crippen molar-refractivity contribution in [2.24, 2.45) is 0 Å². The monoisotopic (exact) mass is 264 g/mol. The summed E-state index contributed by atoms with van der Waals surface area (Å²) >= 11 is 0. The number of hydrogen-bond donors (Lipinski definition) is 0. The Labute approximate surface area is 116 Å². The van der Waals surface area contributed by atoms with E-state index in [0.717, 1.165) is 16.3 Å². The smallest absolute Gasteiger partial charge is 0.220 e. The second-order valence-corrected chi connectivity index (χ2v) is 4.54. The first kappa shape index (κ1) is 12.4. The van der Waals surface area contributed by atoms with Crippen LogP contribution < -0.4 is 0 Å². The molecule has 20 heavy (non-hydrogen) atoms. The molecule has 0 heterocycles. The van der Waals surface area contributed by atoms with Crippen LogP contribution in [-0.2, 0) is 20.9 Å². The fourth-order valence-corrected chi connectivity index (χ4v) is 2.18. The van der Waals surface area contributed by atoms with E-state index >= 15 is 0 Å². The summed E-state index contributed by atoms with van der Waals surface area (Å²) in [5.74, 6) is -0.396. The lowest BCUT2D eigenvalue weighted by atomic mass is 10.1. The zero-order valence-electron chi connectivity index (χ0n) is 10.7. The lowest BCUT2D eigenvalue weighted by Gasteiger charge is -2.11. The van der Waals surface area contributed by atoms with Gasteiger partial charge in [-0.2, -0.15) is 0 Å². The van der Waals surface area contributed by atoms with Crippen molar-refractivity contribution in [1.29, 1.82) is 0 Å². The average molecular weight is 264 g/mol. The lowest BCUT2D eigenvalue weighted by molar-refractivity contribution is -0.117. The van der Waals surface area contributed by atoms with Gasteiger partial charge in [0.2, 0.25) is 5.78 Å². The van der Waals surface area contributed by atoms with Crippen LogP contribution in [0.4, 0.5) is 0 Å². The highest BCUT2D eigenvalue weighted by Crippen LogP contribution is 2.20. The Hall–Kier alpha value is -2.68. The fraction of sp³-hybridized carbons (Fsp3) is 0.0588. The third-order valence-electron chi connectivity index (χ3n) is 3.18. The molecule has 1 aliphatic rings. The largest absolute Gasteiger partial charge is 0.485 e. The first-order chi connectivity index (χ1) is 9.74. The molecular formula is C17H12O3. The van der Waals surface area contributed by atoms with Gasteiger partial charge in [-0.05, 0) is 28.5 Å². The van der Waals surface area contributed by atoms with Gasteiger partial charge in [-0.3, -0.25) is 9.59 Å². The SMILES string of the molecule is O=C1C=CC(=O)C(OCc2cccc3ccccc23)=C1. The van der Waals surface area contributed by atoms with Gasteiger partial charge in [0.15, 0.2) is 11.5 Å². The molecule has 1 aliphatic carbocycles. The quantitative estimate of drug-likeness (QED) is 0.800. The molecule has 0 amide bonds. The van der Waals surface area contributed by atoms with Crippen LogP contribution in [0.25, 0.3) is 10.8 Å². The Bertz CT molecular complexity index is 748. The molecule has 0 unspecified atom stereocenters. The van der Waals surface area contributed by atoms with Crippen molar-refractivity contribution >= 4 is 22.3 Å². The van der Waals surface area contributed by atoms with Crippen LogP contribution >= 0.6 is 0 Å². The number of hydrogen-bond acceptors (Lipinski definition) is 3. The van der Waals surface area contributed by atoms with E-state index in [1.165, 1.54) is 18.2 Å². The summed E-state index contributed by atoms with van der Waals surface area (Å²) in [6.45, 7) is 0.264. The van der Waals surface area contributed by atoms with E-state index in [1.807, 2.05) is 42.5 Å². The van der Waals surface area contributed by atoms with Gasteiger partial charge < -0.3 is 4.74 Å². The van der Waals surface area contributed by atoms with Crippen molar-refractivity contribution in [3.8, 4) is 0 Å². The maximum atomic E-state index is 11.6. The molecule has 2 aromatic carbocycles. The van der Waals surface area contributed by atoms with Crippen LogP contribution in [0.15, 0.2) is 66.5 Å². The van der Waals surface area contributed by atoms with Crippen molar-refractivity contribution < 1.29 is 14.3 Å². The minimum Gasteiger partial charge on any atom is -0.485 e. The van der Waals surface area contributed by atoms with Gasteiger partial charge >= 0.3 is 0 Å². The van der Waals surface area contributed by atoms with Crippen LogP contribution in [0, 0.1) is 0 Å². The number of fused-ring (bicyclic) bond motifs is 1. The van der Waals surface area contributed by atoms with Crippen LogP contribution in [0.2, 0.25) is 0 Å². The molecule has 0 saturated heterocycles. The van der Waals surface area contributed by atoms with E-state index < -0.39 is 0 Å². The number of rotatable bonds is 3. The summed E-state index contributed by atoms with van der Waals surface area (Å²) < 4.78 is 5.50. The third kappa shape index (κ3) is 2.38. The number of allylic oxidation sites excluding steroid dienone is 3. The standard InChI is InChI=1S/C17H12O3/c18-14-8-9-16(19)17(10-14)20-11-13-6-3-5-12-4-1-2-7-15(12)13/h1-10H,11H2. The van der Waals surface area contributed by atoms with Gasteiger partial charge in [-0.25, -0.2) is 0 Å². The molecule has 0 fully saturated rings. The summed E-state index contributed by atoms with van der Waals surface area (Å²) in [6, 6.07) is 13.9. The molecule has 0 aliphatic heterocycles. The topological polar surface area (TPSA) is 43.4 Å². The van der Waals surface area contributed by atoms with Crippen molar-refractivity contribution in [2.45, 2.75) is 6.61 Å².